The van der Waals surface area contributed by atoms with Gasteiger partial charge in [-0.05, 0) is 19.1 Å². The van der Waals surface area contributed by atoms with Crippen LogP contribution >= 0.6 is 0 Å². The smallest absolute Gasteiger partial charge is 0.127 e. The topological polar surface area (TPSA) is 26.0 Å². The van der Waals surface area contributed by atoms with E-state index in [-0.39, 0.29) is 5.82 Å². The van der Waals surface area contributed by atoms with Crippen molar-refractivity contribution < 1.29 is 4.39 Å². The maximum Gasteiger partial charge on any atom is 0.127 e. The second-order valence-corrected chi connectivity index (χ2v) is 2.75. The van der Waals surface area contributed by atoms with Gasteiger partial charge in [0.25, 0.3) is 0 Å². The number of rotatable bonds is 1. The summed E-state index contributed by atoms with van der Waals surface area (Å²) in [4.78, 5) is 0. The zero-order valence-electron chi connectivity index (χ0n) is 7.60. The van der Waals surface area contributed by atoms with E-state index in [0.717, 1.165) is 5.56 Å². The van der Waals surface area contributed by atoms with Crippen LogP contribution in [0.5, 0.6) is 0 Å². The maximum absolute atomic E-state index is 13.0. The van der Waals surface area contributed by atoms with Crippen LogP contribution in [0.15, 0.2) is 18.2 Å². The van der Waals surface area contributed by atoms with E-state index >= 15 is 0 Å². The van der Waals surface area contributed by atoms with Crippen LogP contribution in [0.4, 0.5) is 4.39 Å². The van der Waals surface area contributed by atoms with Crippen LogP contribution < -0.4 is 5.73 Å². The van der Waals surface area contributed by atoms with Crippen LogP contribution in [0.2, 0.25) is 0 Å². The van der Waals surface area contributed by atoms with E-state index in [9.17, 15) is 4.39 Å². The van der Waals surface area contributed by atoms with Crippen molar-refractivity contribution in [1.82, 2.24) is 0 Å². The van der Waals surface area contributed by atoms with Crippen molar-refractivity contribution in [3.05, 3.63) is 35.1 Å². The molecule has 13 heavy (non-hydrogen) atoms. The van der Waals surface area contributed by atoms with E-state index in [1.54, 1.807) is 13.0 Å². The van der Waals surface area contributed by atoms with Crippen LogP contribution in [0.25, 0.3) is 0 Å². The fourth-order valence-corrected chi connectivity index (χ4v) is 0.973. The highest BCUT2D eigenvalue weighted by molar-refractivity contribution is 5.41. The van der Waals surface area contributed by atoms with Gasteiger partial charge in [0.15, 0.2) is 0 Å². The Hall–Kier alpha value is -1.33. The SMILES string of the molecule is Cc1c(F)cccc1C#CCCN. The van der Waals surface area contributed by atoms with Crippen LogP contribution in [0.1, 0.15) is 17.5 Å². The van der Waals surface area contributed by atoms with E-state index in [1.165, 1.54) is 6.07 Å². The van der Waals surface area contributed by atoms with Gasteiger partial charge in [0.05, 0.1) is 0 Å². The van der Waals surface area contributed by atoms with Gasteiger partial charge in [0.2, 0.25) is 0 Å². The monoisotopic (exact) mass is 177 g/mol. The molecular formula is C11H12FN. The van der Waals surface area contributed by atoms with Crippen LogP contribution in [0.3, 0.4) is 0 Å². The first-order valence-corrected chi connectivity index (χ1v) is 4.19. The summed E-state index contributed by atoms with van der Waals surface area (Å²) in [5.41, 5.74) is 6.63. The quantitative estimate of drug-likeness (QED) is 0.651. The minimum Gasteiger partial charge on any atom is -0.330 e. The molecule has 0 amide bonds. The first kappa shape index (κ1) is 9.76. The summed E-state index contributed by atoms with van der Waals surface area (Å²) in [7, 11) is 0. The highest BCUT2D eigenvalue weighted by atomic mass is 19.1. The zero-order valence-corrected chi connectivity index (χ0v) is 7.60. The Labute approximate surface area is 77.8 Å². The third kappa shape index (κ3) is 2.57. The van der Waals surface area contributed by atoms with Crippen molar-refractivity contribution in [1.29, 1.82) is 0 Å². The Morgan fingerprint density at radius 2 is 2.23 bits per heavy atom. The van der Waals surface area contributed by atoms with E-state index in [0.29, 0.717) is 18.5 Å². The third-order valence-electron chi connectivity index (χ3n) is 1.76. The molecule has 1 aromatic carbocycles. The number of benzene rings is 1. The first-order valence-electron chi connectivity index (χ1n) is 4.19. The molecule has 1 rings (SSSR count). The molecule has 2 heteroatoms. The van der Waals surface area contributed by atoms with Gasteiger partial charge in [-0.1, -0.05) is 17.9 Å². The first-order chi connectivity index (χ1) is 6.25. The third-order valence-corrected chi connectivity index (χ3v) is 1.76. The molecule has 0 heterocycles. The lowest BCUT2D eigenvalue weighted by atomic mass is 10.1. The lowest BCUT2D eigenvalue weighted by Crippen LogP contribution is -1.95. The highest BCUT2D eigenvalue weighted by Crippen LogP contribution is 2.10. The average molecular weight is 177 g/mol. The Kier molecular flexibility index (Phi) is 3.48. The zero-order chi connectivity index (χ0) is 9.68. The molecule has 0 unspecified atom stereocenters. The Morgan fingerprint density at radius 1 is 1.46 bits per heavy atom. The predicted molar refractivity (Wildman–Crippen MR) is 51.7 cm³/mol. The summed E-state index contributed by atoms with van der Waals surface area (Å²) in [5.74, 6) is 5.55. The molecule has 0 aromatic heterocycles. The van der Waals surface area contributed by atoms with Gasteiger partial charge < -0.3 is 5.73 Å². The minimum atomic E-state index is -0.209. The molecule has 0 aliphatic heterocycles. The van der Waals surface area contributed by atoms with Gasteiger partial charge >= 0.3 is 0 Å². The van der Waals surface area contributed by atoms with Crippen molar-refractivity contribution in [2.75, 3.05) is 6.54 Å². The lowest BCUT2D eigenvalue weighted by Gasteiger charge is -1.97. The molecule has 2 N–H and O–H groups in total. The van der Waals surface area contributed by atoms with Crippen molar-refractivity contribution in [2.24, 2.45) is 5.73 Å². The summed E-state index contributed by atoms with van der Waals surface area (Å²) in [5, 5.41) is 0. The largest absolute Gasteiger partial charge is 0.330 e. The van der Waals surface area contributed by atoms with E-state index in [1.807, 2.05) is 6.07 Å². The van der Waals surface area contributed by atoms with Gasteiger partial charge in [0.1, 0.15) is 5.82 Å². The molecule has 0 saturated heterocycles. The maximum atomic E-state index is 13.0. The van der Waals surface area contributed by atoms with Crippen LogP contribution in [-0.2, 0) is 0 Å². The summed E-state index contributed by atoms with van der Waals surface area (Å²) >= 11 is 0. The van der Waals surface area contributed by atoms with E-state index in [4.69, 9.17) is 5.73 Å². The van der Waals surface area contributed by atoms with Crippen molar-refractivity contribution in [3.8, 4) is 11.8 Å². The van der Waals surface area contributed by atoms with Crippen molar-refractivity contribution >= 4 is 0 Å². The summed E-state index contributed by atoms with van der Waals surface area (Å²) in [6.45, 7) is 2.27. The molecule has 0 atom stereocenters. The van der Waals surface area contributed by atoms with Crippen LogP contribution in [0, 0.1) is 24.6 Å². The van der Waals surface area contributed by atoms with Gasteiger partial charge in [-0.25, -0.2) is 4.39 Å². The molecule has 1 nitrogen and oxygen atoms in total. The Morgan fingerprint density at radius 3 is 2.92 bits per heavy atom. The normalized spacial score (nSPS) is 9.15. The summed E-state index contributed by atoms with van der Waals surface area (Å²) in [6, 6.07) is 4.90. The molecule has 68 valence electrons. The molecule has 0 saturated carbocycles. The van der Waals surface area contributed by atoms with Gasteiger partial charge in [-0.3, -0.25) is 0 Å². The standard InChI is InChI=1S/C11H12FN/c1-9-10(5-2-3-8-13)6-4-7-11(9)12/h4,6-7H,3,8,13H2,1H3. The number of hydrogen-bond donors (Lipinski definition) is 1. The van der Waals surface area contributed by atoms with Crippen LogP contribution in [-0.4, -0.2) is 6.54 Å². The van der Waals surface area contributed by atoms with Crippen molar-refractivity contribution in [2.45, 2.75) is 13.3 Å². The molecule has 0 fully saturated rings. The molecule has 0 aliphatic rings. The fourth-order valence-electron chi connectivity index (χ4n) is 0.973. The molecular weight excluding hydrogens is 165 g/mol. The van der Waals surface area contributed by atoms with E-state index in [2.05, 4.69) is 11.8 Å². The summed E-state index contributed by atoms with van der Waals surface area (Å²) in [6.07, 6.45) is 0.649. The Balaban J connectivity index is 2.91. The summed E-state index contributed by atoms with van der Waals surface area (Å²) < 4.78 is 13.0. The highest BCUT2D eigenvalue weighted by Gasteiger charge is 1.98. The molecule has 0 bridgehead atoms. The second-order valence-electron chi connectivity index (χ2n) is 2.75. The number of nitrogens with two attached hydrogens (primary N) is 1. The average Bonchev–Trinajstić information content (AvgIpc) is 2.13. The van der Waals surface area contributed by atoms with Gasteiger partial charge in [-0.2, -0.15) is 0 Å². The fraction of sp³-hybridized carbons (Fsp3) is 0.273. The van der Waals surface area contributed by atoms with E-state index < -0.39 is 0 Å². The predicted octanol–water partition coefficient (Wildman–Crippen LogP) is 1.83. The number of halogens is 1. The molecule has 0 radical (unpaired) electrons. The second kappa shape index (κ2) is 4.64. The van der Waals surface area contributed by atoms with Gasteiger partial charge in [0, 0.05) is 24.1 Å². The Bertz CT molecular complexity index is 347. The van der Waals surface area contributed by atoms with Crippen molar-refractivity contribution in [3.63, 3.8) is 0 Å². The molecule has 0 spiro atoms. The lowest BCUT2D eigenvalue weighted by molar-refractivity contribution is 0.618. The minimum absolute atomic E-state index is 0.209. The molecule has 1 aromatic rings. The molecule has 0 aliphatic carbocycles. The van der Waals surface area contributed by atoms with Gasteiger partial charge in [-0.15, -0.1) is 0 Å². The number of hydrogen-bond acceptors (Lipinski definition) is 1.